The molecule has 1 N–H and O–H groups in total. The van der Waals surface area contributed by atoms with Crippen molar-refractivity contribution in [1.29, 1.82) is 0 Å². The van der Waals surface area contributed by atoms with Crippen LogP contribution in [0, 0.1) is 20.8 Å². The molecular formula is C29H31N5O2S. The third-order valence-corrected chi connectivity index (χ3v) is 7.57. The molecule has 0 spiro atoms. The molecule has 0 saturated carbocycles. The lowest BCUT2D eigenvalue weighted by Gasteiger charge is -2.30. The fourth-order valence-corrected chi connectivity index (χ4v) is 5.33. The number of rotatable bonds is 5. The van der Waals surface area contributed by atoms with Crippen molar-refractivity contribution in [1.82, 2.24) is 20.0 Å². The maximum absolute atomic E-state index is 13.4. The zero-order valence-corrected chi connectivity index (χ0v) is 22.7. The zero-order chi connectivity index (χ0) is 26.1. The quantitative estimate of drug-likeness (QED) is 0.303. The lowest BCUT2D eigenvalue weighted by Crippen LogP contribution is -2.39. The number of amides is 2. The third-order valence-electron chi connectivity index (χ3n) is 6.87. The minimum absolute atomic E-state index is 0.114. The number of urea groups is 1. The molecule has 0 atom stereocenters. The first-order valence-electron chi connectivity index (χ1n) is 12.5. The van der Waals surface area contributed by atoms with Crippen molar-refractivity contribution in [2.45, 2.75) is 52.0 Å². The van der Waals surface area contributed by atoms with Crippen LogP contribution in [0.25, 0.3) is 22.6 Å². The normalized spacial score (nSPS) is 12.9. The molecule has 8 heteroatoms. The van der Waals surface area contributed by atoms with E-state index in [2.05, 4.69) is 42.5 Å². The van der Waals surface area contributed by atoms with Crippen LogP contribution in [0.2, 0.25) is 0 Å². The monoisotopic (exact) mass is 513 g/mol. The number of hydrogen-bond donors (Lipinski definition) is 1. The summed E-state index contributed by atoms with van der Waals surface area (Å²) >= 11 is 1.68. The summed E-state index contributed by atoms with van der Waals surface area (Å²) in [4.78, 5) is 26.3. The van der Waals surface area contributed by atoms with E-state index in [1.54, 1.807) is 11.8 Å². The molecule has 4 aromatic rings. The Morgan fingerprint density at radius 1 is 1.14 bits per heavy atom. The number of nitrogens with zero attached hydrogens (tertiary/aromatic N) is 4. The topological polar surface area (TPSA) is 84.2 Å². The first-order valence-corrected chi connectivity index (χ1v) is 13.7. The van der Waals surface area contributed by atoms with Gasteiger partial charge in [0.15, 0.2) is 5.82 Å². The average Bonchev–Trinajstić information content (AvgIpc) is 3.25. The Balaban J connectivity index is 1.52. The smallest absolute Gasteiger partial charge is 0.322 e. The fraction of sp³-hybridized carbons (Fsp3) is 0.310. The van der Waals surface area contributed by atoms with Crippen molar-refractivity contribution in [3.63, 3.8) is 0 Å². The first kappa shape index (κ1) is 25.0. The lowest BCUT2D eigenvalue weighted by atomic mass is 9.96. The Morgan fingerprint density at radius 2 is 1.95 bits per heavy atom. The van der Waals surface area contributed by atoms with Gasteiger partial charge in [0.25, 0.3) is 0 Å². The molecule has 7 nitrogen and oxygen atoms in total. The molecule has 1 aliphatic rings. The van der Waals surface area contributed by atoms with E-state index in [0.29, 0.717) is 31.1 Å². The van der Waals surface area contributed by atoms with Gasteiger partial charge in [0.05, 0.1) is 29.2 Å². The molecule has 1 aliphatic heterocycles. The third kappa shape index (κ3) is 4.98. The number of fused-ring (bicyclic) bond motifs is 1. The fourth-order valence-electron chi connectivity index (χ4n) is 4.82. The second-order valence-electron chi connectivity index (χ2n) is 9.36. The van der Waals surface area contributed by atoms with Gasteiger partial charge in [0.2, 0.25) is 0 Å². The first-order chi connectivity index (χ1) is 17.9. The van der Waals surface area contributed by atoms with E-state index < -0.39 is 0 Å². The summed E-state index contributed by atoms with van der Waals surface area (Å²) in [5.74, 6) is 1.32. The van der Waals surface area contributed by atoms with Crippen molar-refractivity contribution in [2.24, 2.45) is 0 Å². The van der Waals surface area contributed by atoms with Gasteiger partial charge in [-0.05, 0) is 62.8 Å². The number of carbonyl (C=O) groups is 1. The molecule has 0 bridgehead atoms. The number of aromatic nitrogens is 3. The van der Waals surface area contributed by atoms with E-state index in [9.17, 15) is 4.79 Å². The highest BCUT2D eigenvalue weighted by molar-refractivity contribution is 7.98. The van der Waals surface area contributed by atoms with Gasteiger partial charge in [-0.2, -0.15) is 0 Å². The molecule has 3 heterocycles. The van der Waals surface area contributed by atoms with E-state index in [1.165, 1.54) is 5.56 Å². The molecule has 0 fully saturated rings. The highest BCUT2D eigenvalue weighted by Crippen LogP contribution is 2.34. The molecular weight excluding hydrogens is 482 g/mol. The summed E-state index contributed by atoms with van der Waals surface area (Å²) in [5, 5.41) is 7.23. The van der Waals surface area contributed by atoms with Crippen LogP contribution in [-0.4, -0.2) is 38.9 Å². The number of anilines is 1. The standard InChI is InChI=1S/C29H31N5O2S/c1-6-20-13-21(15-22(14-20)37-5)30-29(35)34-12-11-25-24(16-34)27(23-10-8-7-9-17(23)2)32-28(31-25)26-18(3)33-36-19(26)4/h7-10,13-15H,6,11-12,16H2,1-5H3,(H,30,35). The van der Waals surface area contributed by atoms with Gasteiger partial charge in [-0.3, -0.25) is 0 Å². The number of nitrogens with one attached hydrogen (secondary N) is 1. The van der Waals surface area contributed by atoms with Gasteiger partial charge >= 0.3 is 6.03 Å². The average molecular weight is 514 g/mol. The molecule has 37 heavy (non-hydrogen) atoms. The minimum Gasteiger partial charge on any atom is -0.361 e. The van der Waals surface area contributed by atoms with E-state index in [-0.39, 0.29) is 6.03 Å². The van der Waals surface area contributed by atoms with E-state index in [4.69, 9.17) is 14.5 Å². The van der Waals surface area contributed by atoms with Crippen LogP contribution in [0.5, 0.6) is 0 Å². The van der Waals surface area contributed by atoms with Crippen molar-refractivity contribution in [2.75, 3.05) is 18.1 Å². The van der Waals surface area contributed by atoms with Gasteiger partial charge in [-0.25, -0.2) is 14.8 Å². The highest BCUT2D eigenvalue weighted by atomic mass is 32.2. The molecule has 0 unspecified atom stereocenters. The Kier molecular flexibility index (Phi) is 7.02. The Morgan fingerprint density at radius 3 is 2.65 bits per heavy atom. The predicted octanol–water partition coefficient (Wildman–Crippen LogP) is 6.60. The number of thioether (sulfide) groups is 1. The van der Waals surface area contributed by atoms with Crippen LogP contribution in [0.3, 0.4) is 0 Å². The molecule has 2 aromatic heterocycles. The summed E-state index contributed by atoms with van der Waals surface area (Å²) in [6, 6.07) is 14.3. The zero-order valence-electron chi connectivity index (χ0n) is 21.9. The van der Waals surface area contributed by atoms with Crippen LogP contribution in [0.1, 0.15) is 40.8 Å². The molecule has 190 valence electrons. The SMILES string of the molecule is CCc1cc(NC(=O)N2CCc3nc(-c4c(C)noc4C)nc(-c4ccccc4C)c3C2)cc(SC)c1. The van der Waals surface area contributed by atoms with Crippen LogP contribution in [0.15, 0.2) is 51.9 Å². The highest BCUT2D eigenvalue weighted by Gasteiger charge is 2.28. The van der Waals surface area contributed by atoms with Crippen LogP contribution < -0.4 is 5.32 Å². The number of benzene rings is 2. The van der Waals surface area contributed by atoms with Crippen LogP contribution in [0.4, 0.5) is 10.5 Å². The maximum Gasteiger partial charge on any atom is 0.322 e. The van der Waals surface area contributed by atoms with Crippen molar-refractivity contribution in [3.05, 3.63) is 76.3 Å². The molecule has 2 aromatic carbocycles. The number of carbonyl (C=O) groups excluding carboxylic acids is 1. The minimum atomic E-state index is -0.114. The Bertz CT molecular complexity index is 1440. The van der Waals surface area contributed by atoms with E-state index in [0.717, 1.165) is 56.3 Å². The second kappa shape index (κ2) is 10.4. The van der Waals surface area contributed by atoms with Gasteiger partial charge in [-0.1, -0.05) is 36.3 Å². The molecule has 0 aliphatic carbocycles. The van der Waals surface area contributed by atoms with Gasteiger partial charge in [-0.15, -0.1) is 11.8 Å². The molecule has 5 rings (SSSR count). The molecule has 2 amide bonds. The summed E-state index contributed by atoms with van der Waals surface area (Å²) < 4.78 is 5.41. The van der Waals surface area contributed by atoms with Gasteiger partial charge < -0.3 is 14.7 Å². The second-order valence-corrected chi connectivity index (χ2v) is 10.2. The maximum atomic E-state index is 13.4. The van der Waals surface area contributed by atoms with Gasteiger partial charge in [0, 0.05) is 34.7 Å². The molecule has 0 saturated heterocycles. The lowest BCUT2D eigenvalue weighted by molar-refractivity contribution is 0.206. The van der Waals surface area contributed by atoms with Crippen molar-refractivity contribution < 1.29 is 9.32 Å². The number of aryl methyl sites for hydroxylation is 4. The largest absolute Gasteiger partial charge is 0.361 e. The van der Waals surface area contributed by atoms with Crippen LogP contribution in [-0.2, 0) is 19.4 Å². The predicted molar refractivity (Wildman–Crippen MR) is 148 cm³/mol. The van der Waals surface area contributed by atoms with Crippen LogP contribution >= 0.6 is 11.8 Å². The summed E-state index contributed by atoms with van der Waals surface area (Å²) in [5.41, 5.74) is 8.59. The Labute approximate surface area is 221 Å². The van der Waals surface area contributed by atoms with E-state index in [1.807, 2.05) is 49.3 Å². The summed E-state index contributed by atoms with van der Waals surface area (Å²) in [7, 11) is 0. The van der Waals surface area contributed by atoms with Gasteiger partial charge in [0.1, 0.15) is 5.76 Å². The summed E-state index contributed by atoms with van der Waals surface area (Å²) in [6.07, 6.45) is 3.61. The van der Waals surface area contributed by atoms with E-state index >= 15 is 0 Å². The summed E-state index contributed by atoms with van der Waals surface area (Å²) in [6.45, 7) is 9.01. The Hall–Kier alpha value is -3.65. The number of hydrogen-bond acceptors (Lipinski definition) is 6. The molecule has 0 radical (unpaired) electrons. The van der Waals surface area contributed by atoms with Crippen molar-refractivity contribution >= 4 is 23.5 Å². The van der Waals surface area contributed by atoms with Crippen molar-refractivity contribution in [3.8, 4) is 22.6 Å².